The molecule has 0 saturated heterocycles. The van der Waals surface area contributed by atoms with Crippen LogP contribution in [0.1, 0.15) is 5.56 Å². The Morgan fingerprint density at radius 3 is 2.65 bits per heavy atom. The second-order valence-corrected chi connectivity index (χ2v) is 7.14. The summed E-state index contributed by atoms with van der Waals surface area (Å²) < 4.78 is 0.790. The summed E-state index contributed by atoms with van der Waals surface area (Å²) in [5, 5.41) is 8.52. The molecule has 0 aliphatic carbocycles. The summed E-state index contributed by atoms with van der Waals surface area (Å²) in [5.41, 5.74) is 1.67. The highest BCUT2D eigenvalue weighted by molar-refractivity contribution is 9.10. The maximum absolute atomic E-state index is 12.1. The van der Waals surface area contributed by atoms with Crippen LogP contribution in [0.2, 0.25) is 5.02 Å². The van der Waals surface area contributed by atoms with Crippen LogP contribution in [-0.2, 0) is 4.79 Å². The highest BCUT2D eigenvalue weighted by Crippen LogP contribution is 2.25. The third-order valence-corrected chi connectivity index (χ3v) is 5.09. The maximum Gasteiger partial charge on any atom is 0.250 e. The van der Waals surface area contributed by atoms with Crippen LogP contribution in [0.4, 0.5) is 5.69 Å². The molecule has 1 amide bonds. The fourth-order valence-electron chi connectivity index (χ4n) is 2.45. The number of carbonyl (C=O) groups is 1. The molecular weight excluding hydrogens is 432 g/mol. The Morgan fingerprint density at radius 2 is 1.85 bits per heavy atom. The number of hydrogen-bond donors (Lipinski definition) is 2. The molecule has 3 aromatic rings. The van der Waals surface area contributed by atoms with Crippen molar-refractivity contribution in [2.45, 2.75) is 0 Å². The number of benzene rings is 3. The van der Waals surface area contributed by atoms with Crippen LogP contribution in [0.25, 0.3) is 16.8 Å². The smallest absolute Gasteiger partial charge is 0.250 e. The third kappa shape index (κ3) is 4.69. The van der Waals surface area contributed by atoms with Crippen LogP contribution in [0.3, 0.4) is 0 Å². The van der Waals surface area contributed by atoms with Gasteiger partial charge in [0.2, 0.25) is 5.91 Å². The minimum atomic E-state index is -0.307. The topological polar surface area (TPSA) is 41.1 Å². The van der Waals surface area contributed by atoms with Crippen molar-refractivity contribution in [2.24, 2.45) is 0 Å². The predicted molar refractivity (Wildman–Crippen MR) is 116 cm³/mol. The third-order valence-electron chi connectivity index (χ3n) is 3.65. The van der Waals surface area contributed by atoms with Gasteiger partial charge in [-0.3, -0.25) is 10.1 Å². The van der Waals surface area contributed by atoms with Crippen molar-refractivity contribution in [3.8, 4) is 0 Å². The van der Waals surface area contributed by atoms with Gasteiger partial charge in [-0.15, -0.1) is 0 Å². The van der Waals surface area contributed by atoms with E-state index in [1.807, 2.05) is 42.5 Å². The van der Waals surface area contributed by atoms with Gasteiger partial charge in [0.15, 0.2) is 5.11 Å². The van der Waals surface area contributed by atoms with E-state index in [2.05, 4.69) is 26.6 Å². The molecule has 3 rings (SSSR count). The largest absolute Gasteiger partial charge is 0.332 e. The lowest BCUT2D eigenvalue weighted by Crippen LogP contribution is -2.32. The Hall–Kier alpha value is -2.21. The van der Waals surface area contributed by atoms with Crippen LogP contribution >= 0.6 is 39.7 Å². The van der Waals surface area contributed by atoms with E-state index in [0.29, 0.717) is 10.7 Å². The Morgan fingerprint density at radius 1 is 1.08 bits per heavy atom. The molecular formula is C20H14BrClN2OS. The lowest BCUT2D eigenvalue weighted by molar-refractivity contribution is -0.115. The van der Waals surface area contributed by atoms with Gasteiger partial charge < -0.3 is 5.32 Å². The summed E-state index contributed by atoms with van der Waals surface area (Å²) in [7, 11) is 0. The van der Waals surface area contributed by atoms with E-state index in [4.69, 9.17) is 23.8 Å². The van der Waals surface area contributed by atoms with E-state index >= 15 is 0 Å². The lowest BCUT2D eigenvalue weighted by Gasteiger charge is -2.09. The lowest BCUT2D eigenvalue weighted by atomic mass is 10.0. The zero-order chi connectivity index (χ0) is 18.5. The van der Waals surface area contributed by atoms with Crippen molar-refractivity contribution in [1.82, 2.24) is 5.32 Å². The van der Waals surface area contributed by atoms with Gasteiger partial charge in [0.05, 0.1) is 5.02 Å². The molecule has 0 bridgehead atoms. The summed E-state index contributed by atoms with van der Waals surface area (Å²) in [5.74, 6) is -0.307. The molecule has 3 nitrogen and oxygen atoms in total. The van der Waals surface area contributed by atoms with E-state index in [1.165, 1.54) is 6.08 Å². The number of amides is 1. The van der Waals surface area contributed by atoms with Crippen molar-refractivity contribution in [1.29, 1.82) is 0 Å². The van der Waals surface area contributed by atoms with E-state index in [-0.39, 0.29) is 11.0 Å². The minimum Gasteiger partial charge on any atom is -0.332 e. The molecule has 0 radical (unpaired) electrons. The van der Waals surface area contributed by atoms with Crippen molar-refractivity contribution in [3.63, 3.8) is 0 Å². The number of anilines is 1. The molecule has 0 atom stereocenters. The van der Waals surface area contributed by atoms with Crippen LogP contribution < -0.4 is 10.6 Å². The summed E-state index contributed by atoms with van der Waals surface area (Å²) in [4.78, 5) is 12.1. The first-order valence-corrected chi connectivity index (χ1v) is 9.34. The van der Waals surface area contributed by atoms with Gasteiger partial charge in [-0.05, 0) is 68.8 Å². The molecule has 0 aliphatic rings. The predicted octanol–water partition coefficient (Wildman–Crippen LogP) is 5.78. The fourth-order valence-corrected chi connectivity index (χ4v) is 3.10. The molecule has 0 unspecified atom stereocenters. The number of thiocarbonyl (C=S) groups is 1. The first-order valence-electron chi connectivity index (χ1n) is 7.76. The second-order valence-electron chi connectivity index (χ2n) is 5.47. The quantitative estimate of drug-likeness (QED) is 0.396. The highest BCUT2D eigenvalue weighted by atomic mass is 79.9. The number of fused-ring (bicyclic) bond motifs is 1. The van der Waals surface area contributed by atoms with Gasteiger partial charge in [0, 0.05) is 16.2 Å². The van der Waals surface area contributed by atoms with Crippen molar-refractivity contribution in [3.05, 3.63) is 81.8 Å². The molecule has 0 saturated carbocycles. The summed E-state index contributed by atoms with van der Waals surface area (Å²) in [6, 6.07) is 19.3. The Labute approximate surface area is 170 Å². The average molecular weight is 446 g/mol. The summed E-state index contributed by atoms with van der Waals surface area (Å²) in [6.07, 6.45) is 3.24. The second kappa shape index (κ2) is 8.45. The molecule has 0 fully saturated rings. The number of halogens is 2. The zero-order valence-corrected chi connectivity index (χ0v) is 16.7. The van der Waals surface area contributed by atoms with E-state index in [0.717, 1.165) is 20.8 Å². The first-order chi connectivity index (χ1) is 12.5. The van der Waals surface area contributed by atoms with Crippen molar-refractivity contribution in [2.75, 3.05) is 5.32 Å². The number of nitrogens with one attached hydrogen (secondary N) is 2. The van der Waals surface area contributed by atoms with Crippen molar-refractivity contribution < 1.29 is 4.79 Å². The van der Waals surface area contributed by atoms with Crippen LogP contribution in [-0.4, -0.2) is 11.0 Å². The van der Waals surface area contributed by atoms with E-state index in [1.54, 1.807) is 24.3 Å². The molecule has 0 heterocycles. The fraction of sp³-hybridized carbons (Fsp3) is 0. The standard InChI is InChI=1S/C20H14BrClN2OS/c21-17-10-9-15(12-18(17)22)23-20(26)24-19(25)11-8-14-6-3-5-13-4-1-2-7-16(13)14/h1-12H,(H2,23,24,25,26)/b11-8+. The summed E-state index contributed by atoms with van der Waals surface area (Å²) >= 11 is 14.5. The first kappa shape index (κ1) is 18.6. The number of hydrogen-bond acceptors (Lipinski definition) is 2. The Kier molecular flexibility index (Phi) is 6.04. The molecule has 3 aromatic carbocycles. The van der Waals surface area contributed by atoms with Gasteiger partial charge in [-0.1, -0.05) is 54.1 Å². The molecule has 26 heavy (non-hydrogen) atoms. The van der Waals surface area contributed by atoms with E-state index in [9.17, 15) is 4.79 Å². The number of rotatable bonds is 3. The van der Waals surface area contributed by atoms with Gasteiger partial charge in [-0.2, -0.15) is 0 Å². The molecule has 130 valence electrons. The zero-order valence-electron chi connectivity index (χ0n) is 13.5. The van der Waals surface area contributed by atoms with Crippen LogP contribution in [0.5, 0.6) is 0 Å². The molecule has 0 aliphatic heterocycles. The molecule has 2 N–H and O–H groups in total. The van der Waals surface area contributed by atoms with Gasteiger partial charge in [0.25, 0.3) is 0 Å². The molecule has 6 heteroatoms. The highest BCUT2D eigenvalue weighted by Gasteiger charge is 2.04. The Bertz CT molecular complexity index is 1010. The van der Waals surface area contributed by atoms with E-state index < -0.39 is 0 Å². The average Bonchev–Trinajstić information content (AvgIpc) is 2.63. The molecule has 0 spiro atoms. The number of carbonyl (C=O) groups excluding carboxylic acids is 1. The van der Waals surface area contributed by atoms with Gasteiger partial charge in [-0.25, -0.2) is 0 Å². The van der Waals surface area contributed by atoms with Crippen LogP contribution in [0, 0.1) is 0 Å². The van der Waals surface area contributed by atoms with Gasteiger partial charge >= 0.3 is 0 Å². The molecule has 0 aromatic heterocycles. The van der Waals surface area contributed by atoms with Crippen molar-refractivity contribution >= 4 is 73.3 Å². The normalized spacial score (nSPS) is 10.8. The Balaban J connectivity index is 1.65. The van der Waals surface area contributed by atoms with Gasteiger partial charge in [0.1, 0.15) is 0 Å². The maximum atomic E-state index is 12.1. The SMILES string of the molecule is O=C(/C=C/c1cccc2ccccc12)NC(=S)Nc1ccc(Br)c(Cl)c1. The monoisotopic (exact) mass is 444 g/mol. The van der Waals surface area contributed by atoms with Crippen LogP contribution in [0.15, 0.2) is 71.2 Å². The minimum absolute atomic E-state index is 0.205. The summed E-state index contributed by atoms with van der Waals surface area (Å²) in [6.45, 7) is 0.